The first kappa shape index (κ1) is 13.1. The molecule has 2 N–H and O–H groups in total. The fourth-order valence-corrected chi connectivity index (χ4v) is 2.52. The molecule has 0 radical (unpaired) electrons. The molecule has 1 saturated carbocycles. The van der Waals surface area contributed by atoms with Crippen molar-refractivity contribution in [1.29, 1.82) is 0 Å². The summed E-state index contributed by atoms with van der Waals surface area (Å²) >= 11 is 0. The highest BCUT2D eigenvalue weighted by Gasteiger charge is 2.25. The van der Waals surface area contributed by atoms with Crippen molar-refractivity contribution in [3.8, 4) is 0 Å². The van der Waals surface area contributed by atoms with Crippen molar-refractivity contribution in [3.05, 3.63) is 35.9 Å². The SMILES string of the molecule is CC1CCCC(OC(=O)C(N)c2ccccc2)C1. The van der Waals surface area contributed by atoms with Crippen LogP contribution in [0.1, 0.15) is 44.2 Å². The number of benzene rings is 1. The van der Waals surface area contributed by atoms with Crippen LogP contribution in [0.5, 0.6) is 0 Å². The van der Waals surface area contributed by atoms with Crippen molar-refractivity contribution >= 4 is 5.97 Å². The van der Waals surface area contributed by atoms with E-state index in [0.29, 0.717) is 5.92 Å². The predicted octanol–water partition coefficient (Wildman–Crippen LogP) is 2.81. The zero-order valence-corrected chi connectivity index (χ0v) is 10.8. The minimum Gasteiger partial charge on any atom is -0.461 e. The Bertz CT molecular complexity index is 391. The lowest BCUT2D eigenvalue weighted by molar-refractivity contribution is -0.153. The largest absolute Gasteiger partial charge is 0.461 e. The van der Waals surface area contributed by atoms with Gasteiger partial charge in [0.1, 0.15) is 12.1 Å². The molecular weight excluding hydrogens is 226 g/mol. The summed E-state index contributed by atoms with van der Waals surface area (Å²) < 4.78 is 5.51. The van der Waals surface area contributed by atoms with Gasteiger partial charge in [0.25, 0.3) is 0 Å². The lowest BCUT2D eigenvalue weighted by Gasteiger charge is -2.27. The molecule has 18 heavy (non-hydrogen) atoms. The molecule has 0 amide bonds. The van der Waals surface area contributed by atoms with Crippen molar-refractivity contribution in [2.75, 3.05) is 0 Å². The normalized spacial score (nSPS) is 25.4. The third-order valence-corrected chi connectivity index (χ3v) is 3.58. The summed E-state index contributed by atoms with van der Waals surface area (Å²) in [5, 5.41) is 0. The van der Waals surface area contributed by atoms with Gasteiger partial charge in [0.2, 0.25) is 0 Å². The van der Waals surface area contributed by atoms with E-state index >= 15 is 0 Å². The smallest absolute Gasteiger partial charge is 0.327 e. The number of hydrogen-bond donors (Lipinski definition) is 1. The zero-order chi connectivity index (χ0) is 13.0. The van der Waals surface area contributed by atoms with Gasteiger partial charge in [0.15, 0.2) is 0 Å². The minimum atomic E-state index is -0.663. The van der Waals surface area contributed by atoms with Gasteiger partial charge in [0, 0.05) is 0 Å². The van der Waals surface area contributed by atoms with Crippen molar-refractivity contribution in [2.24, 2.45) is 11.7 Å². The number of nitrogens with two attached hydrogens (primary N) is 1. The summed E-state index contributed by atoms with van der Waals surface area (Å²) in [6.45, 7) is 2.21. The van der Waals surface area contributed by atoms with Crippen molar-refractivity contribution < 1.29 is 9.53 Å². The Kier molecular flexibility index (Phi) is 4.37. The van der Waals surface area contributed by atoms with E-state index in [4.69, 9.17) is 10.5 Å². The fraction of sp³-hybridized carbons (Fsp3) is 0.533. The lowest BCUT2D eigenvalue weighted by Crippen LogP contribution is -2.30. The van der Waals surface area contributed by atoms with Gasteiger partial charge in [-0.1, -0.05) is 43.7 Å². The number of ether oxygens (including phenoxy) is 1. The van der Waals surface area contributed by atoms with Crippen LogP contribution in [0.2, 0.25) is 0 Å². The van der Waals surface area contributed by atoms with Crippen LogP contribution in [0.3, 0.4) is 0 Å². The Morgan fingerprint density at radius 2 is 2.06 bits per heavy atom. The summed E-state index contributed by atoms with van der Waals surface area (Å²) in [5.41, 5.74) is 6.73. The number of carbonyl (C=O) groups is 1. The maximum atomic E-state index is 12.0. The molecule has 3 unspecified atom stereocenters. The van der Waals surface area contributed by atoms with E-state index in [0.717, 1.165) is 24.8 Å². The van der Waals surface area contributed by atoms with Gasteiger partial charge in [-0.3, -0.25) is 0 Å². The molecule has 3 heteroatoms. The van der Waals surface area contributed by atoms with E-state index < -0.39 is 6.04 Å². The highest BCUT2D eigenvalue weighted by molar-refractivity contribution is 5.77. The average Bonchev–Trinajstić information content (AvgIpc) is 2.39. The molecule has 3 nitrogen and oxygen atoms in total. The predicted molar refractivity (Wildman–Crippen MR) is 70.9 cm³/mol. The van der Waals surface area contributed by atoms with Gasteiger partial charge in [-0.05, 0) is 30.7 Å². The van der Waals surface area contributed by atoms with Crippen LogP contribution in [0.25, 0.3) is 0 Å². The van der Waals surface area contributed by atoms with E-state index in [1.807, 2.05) is 30.3 Å². The summed E-state index contributed by atoms with van der Waals surface area (Å²) in [5.74, 6) is 0.338. The van der Waals surface area contributed by atoms with Crippen molar-refractivity contribution in [1.82, 2.24) is 0 Å². The Morgan fingerprint density at radius 1 is 1.33 bits per heavy atom. The van der Waals surface area contributed by atoms with Crippen LogP contribution >= 0.6 is 0 Å². The molecule has 1 aromatic carbocycles. The summed E-state index contributed by atoms with van der Waals surface area (Å²) in [4.78, 5) is 12.0. The van der Waals surface area contributed by atoms with E-state index in [9.17, 15) is 4.79 Å². The van der Waals surface area contributed by atoms with Crippen LogP contribution in [0.15, 0.2) is 30.3 Å². The molecular formula is C15H21NO2. The summed E-state index contributed by atoms with van der Waals surface area (Å²) in [6.07, 6.45) is 4.36. The maximum absolute atomic E-state index is 12.0. The molecule has 98 valence electrons. The third-order valence-electron chi connectivity index (χ3n) is 3.58. The van der Waals surface area contributed by atoms with Gasteiger partial charge in [-0.15, -0.1) is 0 Å². The molecule has 0 saturated heterocycles. The maximum Gasteiger partial charge on any atom is 0.327 e. The van der Waals surface area contributed by atoms with Crippen LogP contribution in [-0.4, -0.2) is 12.1 Å². The molecule has 1 aliphatic rings. The third kappa shape index (κ3) is 3.33. The molecule has 1 fully saturated rings. The topological polar surface area (TPSA) is 52.3 Å². The van der Waals surface area contributed by atoms with Crippen LogP contribution in [0.4, 0.5) is 0 Å². The van der Waals surface area contributed by atoms with Crippen molar-refractivity contribution in [2.45, 2.75) is 44.8 Å². The molecule has 0 aliphatic heterocycles. The quantitative estimate of drug-likeness (QED) is 0.836. The highest BCUT2D eigenvalue weighted by atomic mass is 16.5. The van der Waals surface area contributed by atoms with E-state index in [1.54, 1.807) is 0 Å². The number of hydrogen-bond acceptors (Lipinski definition) is 3. The van der Waals surface area contributed by atoms with Crippen molar-refractivity contribution in [3.63, 3.8) is 0 Å². The fourth-order valence-electron chi connectivity index (χ4n) is 2.52. The molecule has 0 heterocycles. The number of esters is 1. The monoisotopic (exact) mass is 247 g/mol. The molecule has 2 rings (SSSR count). The van der Waals surface area contributed by atoms with Crippen LogP contribution < -0.4 is 5.73 Å². The van der Waals surface area contributed by atoms with Gasteiger partial charge < -0.3 is 10.5 Å². The number of carbonyl (C=O) groups excluding carboxylic acids is 1. The average molecular weight is 247 g/mol. The van der Waals surface area contributed by atoms with Gasteiger partial charge in [0.05, 0.1) is 0 Å². The number of rotatable bonds is 3. The Hall–Kier alpha value is -1.35. The second-order valence-electron chi connectivity index (χ2n) is 5.22. The summed E-state index contributed by atoms with van der Waals surface area (Å²) in [6, 6.07) is 8.72. The first-order valence-electron chi connectivity index (χ1n) is 6.68. The van der Waals surface area contributed by atoms with Gasteiger partial charge in [-0.25, -0.2) is 4.79 Å². The second kappa shape index (κ2) is 6.01. The second-order valence-corrected chi connectivity index (χ2v) is 5.22. The molecule has 3 atom stereocenters. The van der Waals surface area contributed by atoms with Crippen LogP contribution in [-0.2, 0) is 9.53 Å². The standard InChI is InChI=1S/C15H21NO2/c1-11-6-5-9-13(10-11)18-15(17)14(16)12-7-3-2-4-8-12/h2-4,7-8,11,13-14H,5-6,9-10,16H2,1H3. The molecule has 1 aliphatic carbocycles. The first-order valence-corrected chi connectivity index (χ1v) is 6.68. The molecule has 0 spiro atoms. The highest BCUT2D eigenvalue weighted by Crippen LogP contribution is 2.26. The molecule has 0 aromatic heterocycles. The molecule has 0 bridgehead atoms. The molecule has 1 aromatic rings. The van der Waals surface area contributed by atoms with E-state index in [2.05, 4.69) is 6.92 Å². The minimum absolute atomic E-state index is 0.0519. The Morgan fingerprint density at radius 3 is 2.72 bits per heavy atom. The van der Waals surface area contributed by atoms with Gasteiger partial charge >= 0.3 is 5.97 Å². The van der Waals surface area contributed by atoms with Gasteiger partial charge in [-0.2, -0.15) is 0 Å². The Balaban J connectivity index is 1.91. The summed E-state index contributed by atoms with van der Waals surface area (Å²) in [7, 11) is 0. The van der Waals surface area contributed by atoms with E-state index in [1.165, 1.54) is 6.42 Å². The lowest BCUT2D eigenvalue weighted by atomic mass is 9.88. The Labute approximate surface area is 108 Å². The first-order chi connectivity index (χ1) is 8.66. The van der Waals surface area contributed by atoms with Crippen LogP contribution in [0, 0.1) is 5.92 Å². The van der Waals surface area contributed by atoms with E-state index in [-0.39, 0.29) is 12.1 Å². The zero-order valence-electron chi connectivity index (χ0n) is 10.8.